The van der Waals surface area contributed by atoms with Crippen LogP contribution < -0.4 is 4.74 Å². The molecule has 0 atom stereocenters. The minimum absolute atomic E-state index is 0.270. The largest absolute Gasteiger partial charge is 0.484 e. The van der Waals surface area contributed by atoms with Crippen LogP contribution in [0.25, 0.3) is 6.08 Å². The van der Waals surface area contributed by atoms with Gasteiger partial charge in [0, 0.05) is 12.1 Å². The molecule has 6 heteroatoms. The maximum absolute atomic E-state index is 10.3. The number of carboxylic acid groups (broad SMARTS) is 1. The van der Waals surface area contributed by atoms with E-state index in [1.54, 1.807) is 18.2 Å². The Morgan fingerprint density at radius 2 is 2.33 bits per heavy atom. The molecule has 2 aromatic heterocycles. The number of carbonyl (C=O) groups is 1. The van der Waals surface area contributed by atoms with E-state index in [2.05, 4.69) is 10.1 Å². The molecule has 0 fully saturated rings. The molecule has 0 amide bonds. The molecule has 0 saturated heterocycles. The van der Waals surface area contributed by atoms with E-state index in [-0.39, 0.29) is 6.61 Å². The summed E-state index contributed by atoms with van der Waals surface area (Å²) in [6.45, 7) is 0.270. The lowest BCUT2D eigenvalue weighted by atomic mass is 10.3. The number of nitrogens with zero attached hydrogens (tertiary/aromatic N) is 2. The third-order valence-electron chi connectivity index (χ3n) is 2.03. The summed E-state index contributed by atoms with van der Waals surface area (Å²) in [6, 6.07) is 5.07. The van der Waals surface area contributed by atoms with E-state index >= 15 is 0 Å². The van der Waals surface area contributed by atoms with Crippen LogP contribution >= 0.6 is 0 Å². The van der Waals surface area contributed by atoms with Crippen LogP contribution in [0.2, 0.25) is 0 Å². The van der Waals surface area contributed by atoms with Crippen molar-refractivity contribution in [3.05, 3.63) is 48.1 Å². The molecular formula is C12H10N2O4. The molecule has 2 heterocycles. The molecule has 0 bridgehead atoms. The Morgan fingerprint density at radius 1 is 1.44 bits per heavy atom. The number of pyridine rings is 1. The van der Waals surface area contributed by atoms with Gasteiger partial charge in [0.2, 0.25) is 0 Å². The summed E-state index contributed by atoms with van der Waals surface area (Å²) in [4.78, 5) is 14.3. The van der Waals surface area contributed by atoms with Crippen molar-refractivity contribution in [3.8, 4) is 5.75 Å². The van der Waals surface area contributed by atoms with E-state index in [4.69, 9.17) is 14.4 Å². The van der Waals surface area contributed by atoms with Gasteiger partial charge in [-0.3, -0.25) is 4.98 Å². The SMILES string of the molecule is O=C(O)C=Cc1ccc(OCc2ccno2)cn1. The molecule has 6 nitrogen and oxygen atoms in total. The van der Waals surface area contributed by atoms with Crippen molar-refractivity contribution in [1.82, 2.24) is 10.1 Å². The summed E-state index contributed by atoms with van der Waals surface area (Å²) in [5.41, 5.74) is 0.546. The number of carboxylic acids is 1. The molecule has 0 aliphatic rings. The lowest BCUT2D eigenvalue weighted by Gasteiger charge is -2.02. The van der Waals surface area contributed by atoms with Crippen LogP contribution in [0.1, 0.15) is 11.5 Å². The predicted molar refractivity (Wildman–Crippen MR) is 61.7 cm³/mol. The van der Waals surface area contributed by atoms with Gasteiger partial charge in [0.25, 0.3) is 0 Å². The second-order valence-corrected chi connectivity index (χ2v) is 3.36. The summed E-state index contributed by atoms with van der Waals surface area (Å²) < 4.78 is 10.3. The van der Waals surface area contributed by atoms with Crippen LogP contribution in [0, 0.1) is 0 Å². The third-order valence-corrected chi connectivity index (χ3v) is 2.03. The van der Waals surface area contributed by atoms with Gasteiger partial charge in [-0.1, -0.05) is 5.16 Å². The number of ether oxygens (including phenoxy) is 1. The van der Waals surface area contributed by atoms with Gasteiger partial charge in [0.1, 0.15) is 12.4 Å². The normalized spacial score (nSPS) is 10.7. The molecule has 92 valence electrons. The highest BCUT2D eigenvalue weighted by Crippen LogP contribution is 2.12. The highest BCUT2D eigenvalue weighted by atomic mass is 16.5. The Kier molecular flexibility index (Phi) is 3.70. The number of hydrogen-bond donors (Lipinski definition) is 1. The first kappa shape index (κ1) is 11.8. The Labute approximate surface area is 103 Å². The van der Waals surface area contributed by atoms with Crippen molar-refractivity contribution in [2.45, 2.75) is 6.61 Å². The summed E-state index contributed by atoms with van der Waals surface area (Å²) in [7, 11) is 0. The first-order valence-electron chi connectivity index (χ1n) is 5.13. The molecule has 0 radical (unpaired) electrons. The predicted octanol–water partition coefficient (Wildman–Crippen LogP) is 1.75. The molecule has 0 spiro atoms. The maximum atomic E-state index is 10.3. The van der Waals surface area contributed by atoms with Crippen LogP contribution in [0.5, 0.6) is 5.75 Å². The summed E-state index contributed by atoms with van der Waals surface area (Å²) in [6.07, 6.45) is 5.48. The fourth-order valence-electron chi connectivity index (χ4n) is 1.20. The van der Waals surface area contributed by atoms with Gasteiger partial charge >= 0.3 is 5.97 Å². The summed E-state index contributed by atoms with van der Waals surface area (Å²) >= 11 is 0. The zero-order valence-electron chi connectivity index (χ0n) is 9.31. The van der Waals surface area contributed by atoms with E-state index in [1.165, 1.54) is 18.5 Å². The Morgan fingerprint density at radius 3 is 2.94 bits per heavy atom. The van der Waals surface area contributed by atoms with Gasteiger partial charge in [0.15, 0.2) is 5.76 Å². The van der Waals surface area contributed by atoms with Crippen molar-refractivity contribution in [1.29, 1.82) is 0 Å². The van der Waals surface area contributed by atoms with Crippen molar-refractivity contribution in [2.75, 3.05) is 0 Å². The van der Waals surface area contributed by atoms with Crippen LogP contribution in [-0.4, -0.2) is 21.2 Å². The van der Waals surface area contributed by atoms with Gasteiger partial charge in [-0.05, 0) is 18.2 Å². The second-order valence-electron chi connectivity index (χ2n) is 3.36. The lowest BCUT2D eigenvalue weighted by molar-refractivity contribution is -0.131. The highest BCUT2D eigenvalue weighted by Gasteiger charge is 1.99. The Bertz CT molecular complexity index is 532. The molecule has 0 aliphatic carbocycles. The Balaban J connectivity index is 1.93. The topological polar surface area (TPSA) is 85.5 Å². The molecule has 2 aromatic rings. The van der Waals surface area contributed by atoms with Crippen LogP contribution in [-0.2, 0) is 11.4 Å². The summed E-state index contributed by atoms with van der Waals surface area (Å²) in [5.74, 6) is 0.172. The zero-order chi connectivity index (χ0) is 12.8. The third kappa shape index (κ3) is 3.44. The molecule has 0 aliphatic heterocycles. The van der Waals surface area contributed by atoms with E-state index in [0.717, 1.165) is 6.08 Å². The number of aliphatic carboxylic acids is 1. The van der Waals surface area contributed by atoms with Crippen molar-refractivity contribution < 1.29 is 19.2 Å². The molecule has 1 N–H and O–H groups in total. The van der Waals surface area contributed by atoms with Gasteiger partial charge < -0.3 is 14.4 Å². The Hall–Kier alpha value is -2.63. The van der Waals surface area contributed by atoms with Crippen LogP contribution in [0.4, 0.5) is 0 Å². The second kappa shape index (κ2) is 5.62. The van der Waals surface area contributed by atoms with E-state index in [0.29, 0.717) is 17.2 Å². The summed E-state index contributed by atoms with van der Waals surface area (Å²) in [5, 5.41) is 12.0. The van der Waals surface area contributed by atoms with Gasteiger partial charge in [-0.15, -0.1) is 0 Å². The van der Waals surface area contributed by atoms with Crippen molar-refractivity contribution in [2.24, 2.45) is 0 Å². The molecular weight excluding hydrogens is 236 g/mol. The number of hydrogen-bond acceptors (Lipinski definition) is 5. The smallest absolute Gasteiger partial charge is 0.328 e. The quantitative estimate of drug-likeness (QED) is 0.809. The monoisotopic (exact) mass is 246 g/mol. The minimum atomic E-state index is -1.01. The molecule has 0 aromatic carbocycles. The number of rotatable bonds is 5. The molecule has 2 rings (SSSR count). The van der Waals surface area contributed by atoms with Gasteiger partial charge in [-0.2, -0.15) is 0 Å². The first-order valence-corrected chi connectivity index (χ1v) is 5.13. The van der Waals surface area contributed by atoms with Gasteiger partial charge in [-0.25, -0.2) is 4.79 Å². The van der Waals surface area contributed by atoms with Crippen LogP contribution in [0.15, 0.2) is 41.2 Å². The standard InChI is InChI=1S/C12H10N2O4/c15-12(16)4-2-9-1-3-10(7-13-9)17-8-11-5-6-14-18-11/h1-7H,8H2,(H,15,16). The molecule has 0 unspecified atom stereocenters. The van der Waals surface area contributed by atoms with Gasteiger partial charge in [0.05, 0.1) is 18.1 Å². The average molecular weight is 246 g/mol. The van der Waals surface area contributed by atoms with Crippen molar-refractivity contribution >= 4 is 12.0 Å². The molecule has 18 heavy (non-hydrogen) atoms. The van der Waals surface area contributed by atoms with E-state index in [9.17, 15) is 4.79 Å². The number of aromatic nitrogens is 2. The fourth-order valence-corrected chi connectivity index (χ4v) is 1.20. The van der Waals surface area contributed by atoms with E-state index < -0.39 is 5.97 Å². The van der Waals surface area contributed by atoms with Crippen LogP contribution in [0.3, 0.4) is 0 Å². The fraction of sp³-hybridized carbons (Fsp3) is 0.0833. The first-order chi connectivity index (χ1) is 8.74. The maximum Gasteiger partial charge on any atom is 0.328 e. The highest BCUT2D eigenvalue weighted by molar-refractivity contribution is 5.84. The lowest BCUT2D eigenvalue weighted by Crippen LogP contribution is -1.94. The zero-order valence-corrected chi connectivity index (χ0v) is 9.31. The van der Waals surface area contributed by atoms with Crippen molar-refractivity contribution in [3.63, 3.8) is 0 Å². The van der Waals surface area contributed by atoms with E-state index in [1.807, 2.05) is 0 Å². The minimum Gasteiger partial charge on any atom is -0.484 e. The average Bonchev–Trinajstić information content (AvgIpc) is 2.88. The molecule has 0 saturated carbocycles.